The normalized spacial score (nSPS) is 21.0. The van der Waals surface area contributed by atoms with Crippen LogP contribution in [0, 0.1) is 0 Å². The van der Waals surface area contributed by atoms with Gasteiger partial charge in [-0.3, -0.25) is 0 Å². The molecule has 1 atom stereocenters. The lowest BCUT2D eigenvalue weighted by Gasteiger charge is -2.23. The molecule has 1 saturated heterocycles. The topological polar surface area (TPSA) is 97.5 Å². The molecule has 2 rings (SSSR count). The van der Waals surface area contributed by atoms with E-state index in [2.05, 4.69) is 9.71 Å². The molecular weight excluding hydrogens is 288 g/mol. The highest BCUT2D eigenvalue weighted by atomic mass is 32.2. The van der Waals surface area contributed by atoms with Gasteiger partial charge in [0.25, 0.3) is 10.2 Å². The average Bonchev–Trinajstić information content (AvgIpc) is 2.97. The predicted octanol–water partition coefficient (Wildman–Crippen LogP) is 0.171. The SMILES string of the molecule is COCC1CCCN1S(=O)(=O)NCc1csc(N)n1. The molecule has 2 heterocycles. The Bertz CT molecular complexity index is 517. The summed E-state index contributed by atoms with van der Waals surface area (Å²) in [6.45, 7) is 1.11. The fourth-order valence-corrected chi connectivity index (χ4v) is 4.12. The van der Waals surface area contributed by atoms with Gasteiger partial charge in [0, 0.05) is 25.1 Å². The molecule has 9 heteroatoms. The second kappa shape index (κ2) is 6.14. The number of thiazole rings is 1. The summed E-state index contributed by atoms with van der Waals surface area (Å²) in [6, 6.07) is -0.0806. The lowest BCUT2D eigenvalue weighted by Crippen LogP contribution is -2.44. The van der Waals surface area contributed by atoms with Crippen LogP contribution in [0.2, 0.25) is 0 Å². The van der Waals surface area contributed by atoms with Crippen molar-refractivity contribution < 1.29 is 13.2 Å². The van der Waals surface area contributed by atoms with Gasteiger partial charge in [0.05, 0.1) is 18.8 Å². The molecule has 3 N–H and O–H groups in total. The monoisotopic (exact) mass is 306 g/mol. The maximum atomic E-state index is 12.2. The van der Waals surface area contributed by atoms with Crippen LogP contribution in [0.15, 0.2) is 5.38 Å². The van der Waals surface area contributed by atoms with Crippen LogP contribution >= 0.6 is 11.3 Å². The van der Waals surface area contributed by atoms with Crippen LogP contribution in [0.25, 0.3) is 0 Å². The summed E-state index contributed by atoms with van der Waals surface area (Å²) in [5.74, 6) is 0. The van der Waals surface area contributed by atoms with Crippen molar-refractivity contribution >= 4 is 26.7 Å². The van der Waals surface area contributed by atoms with Gasteiger partial charge in [-0.25, -0.2) is 4.98 Å². The Kier molecular flexibility index (Phi) is 4.74. The predicted molar refractivity (Wildman–Crippen MR) is 73.9 cm³/mol. The van der Waals surface area contributed by atoms with E-state index in [1.807, 2.05) is 0 Å². The first-order valence-electron chi connectivity index (χ1n) is 5.98. The van der Waals surface area contributed by atoms with Gasteiger partial charge < -0.3 is 10.5 Å². The van der Waals surface area contributed by atoms with Gasteiger partial charge in [-0.05, 0) is 12.8 Å². The molecule has 0 amide bonds. The summed E-state index contributed by atoms with van der Waals surface area (Å²) in [5, 5.41) is 2.18. The highest BCUT2D eigenvalue weighted by molar-refractivity contribution is 7.87. The molecule has 19 heavy (non-hydrogen) atoms. The molecule has 1 aliphatic rings. The number of ether oxygens (including phenoxy) is 1. The molecular formula is C10H18N4O3S2. The first kappa shape index (κ1) is 14.7. The van der Waals surface area contributed by atoms with Crippen LogP contribution in [0.4, 0.5) is 5.13 Å². The van der Waals surface area contributed by atoms with E-state index in [1.54, 1.807) is 12.5 Å². The number of anilines is 1. The van der Waals surface area contributed by atoms with Gasteiger partial charge in [0.2, 0.25) is 0 Å². The van der Waals surface area contributed by atoms with E-state index in [4.69, 9.17) is 10.5 Å². The zero-order chi connectivity index (χ0) is 13.9. The molecule has 0 aromatic carbocycles. The Labute approximate surface area is 116 Å². The van der Waals surface area contributed by atoms with Gasteiger partial charge in [-0.1, -0.05) is 0 Å². The number of hydrogen-bond donors (Lipinski definition) is 2. The van der Waals surface area contributed by atoms with Crippen molar-refractivity contribution in [3.05, 3.63) is 11.1 Å². The maximum Gasteiger partial charge on any atom is 0.280 e. The average molecular weight is 306 g/mol. The summed E-state index contributed by atoms with van der Waals surface area (Å²) in [7, 11) is -1.92. The van der Waals surface area contributed by atoms with E-state index in [1.165, 1.54) is 15.6 Å². The fourth-order valence-electron chi connectivity index (χ4n) is 2.14. The van der Waals surface area contributed by atoms with E-state index >= 15 is 0 Å². The van der Waals surface area contributed by atoms with Crippen molar-refractivity contribution in [2.24, 2.45) is 0 Å². The smallest absolute Gasteiger partial charge is 0.280 e. The van der Waals surface area contributed by atoms with Crippen LogP contribution in [0.5, 0.6) is 0 Å². The van der Waals surface area contributed by atoms with Crippen molar-refractivity contribution in [1.29, 1.82) is 0 Å². The van der Waals surface area contributed by atoms with Crippen LogP contribution in [0.1, 0.15) is 18.5 Å². The van der Waals surface area contributed by atoms with E-state index < -0.39 is 10.2 Å². The Morgan fingerprint density at radius 1 is 1.68 bits per heavy atom. The van der Waals surface area contributed by atoms with Crippen molar-refractivity contribution in [3.63, 3.8) is 0 Å². The molecule has 0 radical (unpaired) electrons. The third-order valence-corrected chi connectivity index (χ3v) is 5.33. The van der Waals surface area contributed by atoms with Crippen molar-refractivity contribution in [2.45, 2.75) is 25.4 Å². The number of rotatable bonds is 6. The Morgan fingerprint density at radius 2 is 2.47 bits per heavy atom. The molecule has 1 aromatic heterocycles. The van der Waals surface area contributed by atoms with Gasteiger partial charge in [0.15, 0.2) is 5.13 Å². The van der Waals surface area contributed by atoms with Gasteiger partial charge >= 0.3 is 0 Å². The molecule has 1 aliphatic heterocycles. The molecule has 0 aliphatic carbocycles. The first-order chi connectivity index (χ1) is 9.03. The molecule has 0 spiro atoms. The maximum absolute atomic E-state index is 12.2. The molecule has 7 nitrogen and oxygen atoms in total. The molecule has 0 saturated carbocycles. The lowest BCUT2D eigenvalue weighted by atomic mass is 10.2. The molecule has 0 bridgehead atoms. The number of nitrogens with two attached hydrogens (primary N) is 1. The summed E-state index contributed by atoms with van der Waals surface area (Å²) >= 11 is 1.29. The zero-order valence-corrected chi connectivity index (χ0v) is 12.3. The number of nitrogens with zero attached hydrogens (tertiary/aromatic N) is 2. The second-order valence-corrected chi connectivity index (χ2v) is 6.96. The number of hydrogen-bond acceptors (Lipinski definition) is 6. The summed E-state index contributed by atoms with van der Waals surface area (Å²) in [5.41, 5.74) is 6.14. The zero-order valence-electron chi connectivity index (χ0n) is 10.7. The first-order valence-corrected chi connectivity index (χ1v) is 8.30. The standard InChI is InChI=1S/C10H18N4O3S2/c1-17-6-9-3-2-4-14(9)19(15,16)12-5-8-7-18-10(11)13-8/h7,9,12H,2-6H2,1H3,(H2,11,13). The van der Waals surface area contributed by atoms with Crippen LogP contribution in [0.3, 0.4) is 0 Å². The molecule has 1 unspecified atom stereocenters. The van der Waals surface area contributed by atoms with Gasteiger partial charge in [-0.2, -0.15) is 17.4 Å². The molecule has 108 valence electrons. The summed E-state index contributed by atoms with van der Waals surface area (Å²) in [6.07, 6.45) is 1.69. The summed E-state index contributed by atoms with van der Waals surface area (Å²) in [4.78, 5) is 4.02. The number of nitrogen functional groups attached to an aromatic ring is 1. The van der Waals surface area contributed by atoms with E-state index in [-0.39, 0.29) is 12.6 Å². The lowest BCUT2D eigenvalue weighted by molar-refractivity contribution is 0.148. The van der Waals surface area contributed by atoms with Crippen LogP contribution in [-0.4, -0.2) is 44.0 Å². The molecule has 1 aromatic rings. The number of nitrogens with one attached hydrogen (secondary N) is 1. The largest absolute Gasteiger partial charge is 0.383 e. The second-order valence-electron chi connectivity index (χ2n) is 4.37. The highest BCUT2D eigenvalue weighted by Crippen LogP contribution is 2.20. The van der Waals surface area contributed by atoms with Gasteiger partial charge in [-0.15, -0.1) is 11.3 Å². The van der Waals surface area contributed by atoms with Crippen LogP contribution in [-0.2, 0) is 21.5 Å². The van der Waals surface area contributed by atoms with Crippen LogP contribution < -0.4 is 10.5 Å². The van der Waals surface area contributed by atoms with Crippen molar-refractivity contribution in [3.8, 4) is 0 Å². The van der Waals surface area contributed by atoms with E-state index in [0.29, 0.717) is 24.0 Å². The Hall–Kier alpha value is -0.740. The van der Waals surface area contributed by atoms with Gasteiger partial charge in [0.1, 0.15) is 0 Å². The fraction of sp³-hybridized carbons (Fsp3) is 0.700. The van der Waals surface area contributed by atoms with E-state index in [0.717, 1.165) is 12.8 Å². The summed E-state index contributed by atoms with van der Waals surface area (Å²) < 4.78 is 33.5. The third-order valence-electron chi connectivity index (χ3n) is 3.00. The minimum Gasteiger partial charge on any atom is -0.383 e. The van der Waals surface area contributed by atoms with Crippen molar-refractivity contribution in [2.75, 3.05) is 26.0 Å². The highest BCUT2D eigenvalue weighted by Gasteiger charge is 2.33. The number of aromatic nitrogens is 1. The molecule has 1 fully saturated rings. The third kappa shape index (κ3) is 3.63. The van der Waals surface area contributed by atoms with Crippen molar-refractivity contribution in [1.82, 2.24) is 14.0 Å². The quantitative estimate of drug-likeness (QED) is 0.781. The minimum absolute atomic E-state index is 0.0806. The minimum atomic E-state index is -3.49. The Balaban J connectivity index is 1.97. The van der Waals surface area contributed by atoms with E-state index in [9.17, 15) is 8.42 Å². The number of methoxy groups -OCH3 is 1. The Morgan fingerprint density at radius 3 is 3.11 bits per heavy atom.